The molecule has 1 aliphatic rings. The van der Waals surface area contributed by atoms with Gasteiger partial charge < -0.3 is 5.73 Å². The van der Waals surface area contributed by atoms with E-state index in [1.165, 1.54) is 16.7 Å². The zero-order chi connectivity index (χ0) is 18.1. The monoisotopic (exact) mass is 339 g/mol. The van der Waals surface area contributed by atoms with Crippen LogP contribution in [0.1, 0.15) is 40.3 Å². The summed E-state index contributed by atoms with van der Waals surface area (Å²) in [7, 11) is 0. The highest BCUT2D eigenvalue weighted by Crippen LogP contribution is 2.40. The van der Waals surface area contributed by atoms with Gasteiger partial charge in [-0.1, -0.05) is 60.2 Å². The van der Waals surface area contributed by atoms with Gasteiger partial charge in [0.2, 0.25) is 0 Å². The topological polar surface area (TPSA) is 62.7 Å². The quantitative estimate of drug-likeness (QED) is 0.730. The number of aromatic nitrogens is 1. The van der Waals surface area contributed by atoms with Gasteiger partial charge in [0.1, 0.15) is 17.5 Å². The largest absolute Gasteiger partial charge is 0.383 e. The van der Waals surface area contributed by atoms with Gasteiger partial charge in [0.15, 0.2) is 0 Å². The summed E-state index contributed by atoms with van der Waals surface area (Å²) in [6.45, 7) is 2.07. The zero-order valence-electron chi connectivity index (χ0n) is 14.9. The molecule has 2 aromatic carbocycles. The van der Waals surface area contributed by atoms with Crippen LogP contribution in [0.3, 0.4) is 0 Å². The van der Waals surface area contributed by atoms with E-state index in [2.05, 4.69) is 66.5 Å². The maximum Gasteiger partial charge on any atom is 0.142 e. The van der Waals surface area contributed by atoms with Crippen molar-refractivity contribution in [3.63, 3.8) is 0 Å². The number of hydrogen-bond acceptors (Lipinski definition) is 3. The fourth-order valence-electron chi connectivity index (χ4n) is 4.02. The lowest BCUT2D eigenvalue weighted by atomic mass is 9.78. The minimum absolute atomic E-state index is 0.348. The Bertz CT molecular complexity index is 1000. The Morgan fingerprint density at radius 3 is 2.65 bits per heavy atom. The number of nitrogens with zero attached hydrogens (tertiary/aromatic N) is 2. The van der Waals surface area contributed by atoms with Gasteiger partial charge in [0, 0.05) is 11.3 Å². The van der Waals surface area contributed by atoms with Gasteiger partial charge in [-0.2, -0.15) is 5.26 Å². The summed E-state index contributed by atoms with van der Waals surface area (Å²) in [5.41, 5.74) is 13.4. The predicted octanol–water partition coefficient (Wildman–Crippen LogP) is 4.78. The van der Waals surface area contributed by atoms with Crippen molar-refractivity contribution in [2.24, 2.45) is 0 Å². The lowest BCUT2D eigenvalue weighted by Gasteiger charge is -2.27. The van der Waals surface area contributed by atoms with Gasteiger partial charge >= 0.3 is 0 Å². The molecule has 4 rings (SSSR count). The van der Waals surface area contributed by atoms with Gasteiger partial charge in [-0.05, 0) is 48.8 Å². The number of rotatable bonds is 2. The molecule has 3 nitrogen and oxygen atoms in total. The summed E-state index contributed by atoms with van der Waals surface area (Å²) in [5, 5.41) is 9.74. The van der Waals surface area contributed by atoms with Crippen LogP contribution in [-0.2, 0) is 12.8 Å². The average Bonchev–Trinajstić information content (AvgIpc) is 2.67. The van der Waals surface area contributed by atoms with E-state index >= 15 is 0 Å². The molecule has 0 saturated heterocycles. The van der Waals surface area contributed by atoms with Crippen molar-refractivity contribution < 1.29 is 0 Å². The molecular weight excluding hydrogens is 318 g/mol. The fraction of sp³-hybridized carbons (Fsp3) is 0.217. The third kappa shape index (κ3) is 2.84. The Kier molecular flexibility index (Phi) is 4.18. The molecule has 0 saturated carbocycles. The normalized spacial score (nSPS) is 15.9. The first kappa shape index (κ1) is 16.4. The first-order valence-electron chi connectivity index (χ1n) is 9.00. The molecule has 0 fully saturated rings. The maximum absolute atomic E-state index is 9.74. The molecular formula is C23H21N3. The third-order valence-corrected chi connectivity index (χ3v) is 5.28. The molecule has 1 atom stereocenters. The number of anilines is 1. The molecule has 0 radical (unpaired) electrons. The van der Waals surface area contributed by atoms with Crippen LogP contribution < -0.4 is 5.73 Å². The number of hydrogen-bond donors (Lipinski definition) is 1. The molecule has 3 heteroatoms. The van der Waals surface area contributed by atoms with E-state index in [1.807, 2.05) is 6.07 Å². The smallest absolute Gasteiger partial charge is 0.142 e. The van der Waals surface area contributed by atoms with Crippen molar-refractivity contribution in [1.82, 2.24) is 4.98 Å². The summed E-state index contributed by atoms with van der Waals surface area (Å²) in [4.78, 5) is 4.58. The van der Waals surface area contributed by atoms with Crippen LogP contribution in [0.15, 0.2) is 54.6 Å². The molecule has 2 N–H and O–H groups in total. The molecule has 0 spiro atoms. The molecule has 0 amide bonds. The van der Waals surface area contributed by atoms with E-state index in [-0.39, 0.29) is 0 Å². The second-order valence-corrected chi connectivity index (χ2v) is 7.00. The van der Waals surface area contributed by atoms with Crippen LogP contribution in [0.2, 0.25) is 0 Å². The highest BCUT2D eigenvalue weighted by Gasteiger charge is 2.27. The minimum Gasteiger partial charge on any atom is -0.383 e. The van der Waals surface area contributed by atoms with Crippen LogP contribution in [0, 0.1) is 18.3 Å². The number of nitriles is 1. The minimum atomic E-state index is 0.348. The van der Waals surface area contributed by atoms with Gasteiger partial charge in [-0.15, -0.1) is 0 Å². The molecule has 1 heterocycles. The van der Waals surface area contributed by atoms with Gasteiger partial charge in [-0.3, -0.25) is 0 Å². The van der Waals surface area contributed by atoms with Crippen LogP contribution in [0.25, 0.3) is 11.1 Å². The number of nitrogens with two attached hydrogens (primary N) is 1. The molecule has 3 aromatic rings. The SMILES string of the molecule is Cc1cccc(-c2c(C#N)c(N)nc3c2CC(c2ccccc2)CC3)c1. The second kappa shape index (κ2) is 6.65. The van der Waals surface area contributed by atoms with Gasteiger partial charge in [0.05, 0.1) is 0 Å². The highest BCUT2D eigenvalue weighted by molar-refractivity contribution is 5.79. The van der Waals surface area contributed by atoms with Crippen LogP contribution in [0.5, 0.6) is 0 Å². The lowest BCUT2D eigenvalue weighted by molar-refractivity contribution is 0.576. The van der Waals surface area contributed by atoms with Crippen molar-refractivity contribution in [2.75, 3.05) is 5.73 Å². The Labute approximate surface area is 154 Å². The molecule has 26 heavy (non-hydrogen) atoms. The molecule has 0 bridgehead atoms. The van der Waals surface area contributed by atoms with Crippen molar-refractivity contribution >= 4 is 5.82 Å². The van der Waals surface area contributed by atoms with Crippen molar-refractivity contribution in [3.05, 3.63) is 82.5 Å². The van der Waals surface area contributed by atoms with E-state index in [0.717, 1.165) is 36.1 Å². The van der Waals surface area contributed by atoms with E-state index in [9.17, 15) is 5.26 Å². The first-order valence-corrected chi connectivity index (χ1v) is 9.00. The third-order valence-electron chi connectivity index (χ3n) is 5.28. The van der Waals surface area contributed by atoms with Gasteiger partial charge in [-0.25, -0.2) is 4.98 Å². The van der Waals surface area contributed by atoms with Crippen LogP contribution >= 0.6 is 0 Å². The zero-order valence-corrected chi connectivity index (χ0v) is 14.9. The molecule has 128 valence electrons. The molecule has 1 aliphatic carbocycles. The Balaban J connectivity index is 1.89. The second-order valence-electron chi connectivity index (χ2n) is 7.00. The summed E-state index contributed by atoms with van der Waals surface area (Å²) < 4.78 is 0. The molecule has 0 aliphatic heterocycles. The van der Waals surface area contributed by atoms with E-state index in [0.29, 0.717) is 17.3 Å². The summed E-state index contributed by atoms with van der Waals surface area (Å²) >= 11 is 0. The Morgan fingerprint density at radius 2 is 1.92 bits per heavy atom. The van der Waals surface area contributed by atoms with Gasteiger partial charge in [0.25, 0.3) is 0 Å². The number of fused-ring (bicyclic) bond motifs is 1. The maximum atomic E-state index is 9.74. The predicted molar refractivity (Wildman–Crippen MR) is 105 cm³/mol. The molecule has 1 aromatic heterocycles. The fourth-order valence-corrected chi connectivity index (χ4v) is 4.02. The summed E-state index contributed by atoms with van der Waals surface area (Å²) in [6, 6.07) is 21.2. The first-order chi connectivity index (χ1) is 12.7. The van der Waals surface area contributed by atoms with Crippen molar-refractivity contribution in [1.29, 1.82) is 5.26 Å². The van der Waals surface area contributed by atoms with Crippen LogP contribution in [0.4, 0.5) is 5.82 Å². The summed E-state index contributed by atoms with van der Waals surface area (Å²) in [6.07, 6.45) is 2.84. The standard InChI is InChI=1S/C23H21N3/c1-15-6-5-9-18(12-15)22-19-13-17(16-7-3-2-4-8-16)10-11-21(19)26-23(25)20(22)14-24/h2-9,12,17H,10-11,13H2,1H3,(H2,25,26). The van der Waals surface area contributed by atoms with Crippen molar-refractivity contribution in [2.45, 2.75) is 32.1 Å². The Hall–Kier alpha value is -3.12. The number of benzene rings is 2. The Morgan fingerprint density at radius 1 is 1.12 bits per heavy atom. The van der Waals surface area contributed by atoms with E-state index in [4.69, 9.17) is 5.73 Å². The van der Waals surface area contributed by atoms with E-state index < -0.39 is 0 Å². The summed E-state index contributed by atoms with van der Waals surface area (Å²) in [5.74, 6) is 0.796. The number of pyridine rings is 1. The number of nitrogen functional groups attached to an aromatic ring is 1. The van der Waals surface area contributed by atoms with Crippen molar-refractivity contribution in [3.8, 4) is 17.2 Å². The highest BCUT2D eigenvalue weighted by atomic mass is 14.9. The van der Waals surface area contributed by atoms with Crippen LogP contribution in [-0.4, -0.2) is 4.98 Å². The van der Waals surface area contributed by atoms with E-state index in [1.54, 1.807) is 0 Å². The number of aryl methyl sites for hydroxylation is 2. The average molecular weight is 339 g/mol. The lowest BCUT2D eigenvalue weighted by Crippen LogP contribution is -2.17. The molecule has 1 unspecified atom stereocenters.